The summed E-state index contributed by atoms with van der Waals surface area (Å²) in [7, 11) is 1.95. The first kappa shape index (κ1) is 22.1. The molecule has 8 heteroatoms. The minimum absolute atomic E-state index is 0.543. The molecule has 0 aliphatic rings. The fourth-order valence-electron chi connectivity index (χ4n) is 2.91. The molecule has 1 heterocycles. The molecule has 0 fully saturated rings. The van der Waals surface area contributed by atoms with Crippen molar-refractivity contribution in [3.05, 3.63) is 81.4 Å². The molecule has 0 unspecified atom stereocenters. The van der Waals surface area contributed by atoms with Crippen LogP contribution < -0.4 is 10.6 Å². The molecule has 0 atom stereocenters. The molecule has 6 nitrogen and oxygen atoms in total. The number of aryl methyl sites for hydroxylation is 2. The van der Waals surface area contributed by atoms with Crippen molar-refractivity contribution in [2.45, 2.75) is 32.9 Å². The van der Waals surface area contributed by atoms with Crippen molar-refractivity contribution in [3.63, 3.8) is 0 Å². The van der Waals surface area contributed by atoms with Crippen LogP contribution in [0.1, 0.15) is 29.2 Å². The van der Waals surface area contributed by atoms with Gasteiger partial charge in [-0.3, -0.25) is 0 Å². The Balaban J connectivity index is 1.57. The number of aromatic nitrogens is 3. The van der Waals surface area contributed by atoms with E-state index in [1.54, 1.807) is 6.07 Å². The van der Waals surface area contributed by atoms with Gasteiger partial charge in [0, 0.05) is 23.6 Å². The fraction of sp³-hybridized carbons (Fsp3) is 0.318. The third-order valence-corrected chi connectivity index (χ3v) is 5.38. The van der Waals surface area contributed by atoms with Crippen LogP contribution in [0.5, 0.6) is 0 Å². The van der Waals surface area contributed by atoms with Crippen molar-refractivity contribution in [2.75, 3.05) is 6.54 Å². The molecule has 3 aromatic rings. The number of nitrogens with one attached hydrogen (secondary N) is 2. The second kappa shape index (κ2) is 11.0. The van der Waals surface area contributed by atoms with Crippen molar-refractivity contribution in [1.29, 1.82) is 0 Å². The van der Waals surface area contributed by atoms with Crippen molar-refractivity contribution in [3.8, 4) is 0 Å². The van der Waals surface area contributed by atoms with Crippen LogP contribution in [0.3, 0.4) is 0 Å². The normalized spacial score (nSPS) is 11.5. The smallest absolute Gasteiger partial charge is 0.191 e. The summed E-state index contributed by atoms with van der Waals surface area (Å²) in [6.07, 6.45) is 1.77. The SMILES string of the molecule is Cc1nnc(CNC(=NCc2ccccc2)NCCCc2ccc(Cl)cc2Cl)n1C. The molecule has 0 saturated carbocycles. The Labute approximate surface area is 187 Å². The highest BCUT2D eigenvalue weighted by atomic mass is 35.5. The molecule has 0 bridgehead atoms. The standard InChI is InChI=1S/C22H26Cl2N6/c1-16-28-29-21(30(16)2)15-27-22(26-14-17-7-4-3-5-8-17)25-12-6-9-18-10-11-19(23)13-20(18)24/h3-5,7-8,10-11,13H,6,9,12,14-15H2,1-2H3,(H2,25,26,27). The quantitative estimate of drug-likeness (QED) is 0.308. The number of halogens is 2. The molecule has 0 amide bonds. The van der Waals surface area contributed by atoms with Crippen molar-refractivity contribution in [2.24, 2.45) is 12.0 Å². The zero-order valence-electron chi connectivity index (χ0n) is 17.2. The fourth-order valence-corrected chi connectivity index (χ4v) is 3.41. The van der Waals surface area contributed by atoms with E-state index in [1.165, 1.54) is 0 Å². The van der Waals surface area contributed by atoms with E-state index in [0.29, 0.717) is 23.1 Å². The molecule has 3 rings (SSSR count). The van der Waals surface area contributed by atoms with Gasteiger partial charge >= 0.3 is 0 Å². The van der Waals surface area contributed by atoms with E-state index >= 15 is 0 Å². The van der Waals surface area contributed by atoms with Crippen LogP contribution in [0.25, 0.3) is 0 Å². The van der Waals surface area contributed by atoms with Crippen LogP contribution >= 0.6 is 23.2 Å². The predicted molar refractivity (Wildman–Crippen MR) is 123 cm³/mol. The van der Waals surface area contributed by atoms with Gasteiger partial charge in [-0.15, -0.1) is 10.2 Å². The molecule has 0 aliphatic carbocycles. The van der Waals surface area contributed by atoms with Crippen LogP contribution in [0.15, 0.2) is 53.5 Å². The molecular formula is C22H26Cl2N6. The van der Waals surface area contributed by atoms with E-state index in [1.807, 2.05) is 48.9 Å². The Kier molecular flexibility index (Phi) is 8.11. The number of hydrogen-bond donors (Lipinski definition) is 2. The highest BCUT2D eigenvalue weighted by Gasteiger charge is 2.07. The first-order valence-corrected chi connectivity index (χ1v) is 10.6. The van der Waals surface area contributed by atoms with Gasteiger partial charge in [-0.2, -0.15) is 0 Å². The molecule has 2 N–H and O–H groups in total. The zero-order valence-corrected chi connectivity index (χ0v) is 18.7. The number of aliphatic imine (C=N–C) groups is 1. The summed E-state index contributed by atoms with van der Waals surface area (Å²) in [5, 5.41) is 16.4. The summed E-state index contributed by atoms with van der Waals surface area (Å²) in [6, 6.07) is 15.8. The number of benzene rings is 2. The van der Waals surface area contributed by atoms with Gasteiger partial charge in [0.25, 0.3) is 0 Å². The van der Waals surface area contributed by atoms with Gasteiger partial charge in [0.1, 0.15) is 5.82 Å². The monoisotopic (exact) mass is 444 g/mol. The maximum atomic E-state index is 6.27. The molecule has 2 aromatic carbocycles. The topological polar surface area (TPSA) is 67.1 Å². The van der Waals surface area contributed by atoms with Gasteiger partial charge < -0.3 is 15.2 Å². The first-order chi connectivity index (χ1) is 14.5. The maximum absolute atomic E-state index is 6.27. The molecule has 0 radical (unpaired) electrons. The average molecular weight is 445 g/mol. The van der Waals surface area contributed by atoms with Gasteiger partial charge in [-0.25, -0.2) is 4.99 Å². The Hall–Kier alpha value is -2.57. The van der Waals surface area contributed by atoms with E-state index in [4.69, 9.17) is 28.2 Å². The van der Waals surface area contributed by atoms with Gasteiger partial charge in [0.2, 0.25) is 0 Å². The van der Waals surface area contributed by atoms with Gasteiger partial charge in [-0.1, -0.05) is 59.6 Å². The summed E-state index contributed by atoms with van der Waals surface area (Å²) < 4.78 is 1.96. The molecular weight excluding hydrogens is 419 g/mol. The number of nitrogens with zero attached hydrogens (tertiary/aromatic N) is 4. The summed E-state index contributed by atoms with van der Waals surface area (Å²) in [5.41, 5.74) is 2.24. The lowest BCUT2D eigenvalue weighted by molar-refractivity contribution is 0.700. The summed E-state index contributed by atoms with van der Waals surface area (Å²) >= 11 is 12.2. The Morgan fingerprint density at radius 3 is 2.57 bits per heavy atom. The molecule has 30 heavy (non-hydrogen) atoms. The van der Waals surface area contributed by atoms with E-state index < -0.39 is 0 Å². The Morgan fingerprint density at radius 1 is 1.07 bits per heavy atom. The maximum Gasteiger partial charge on any atom is 0.191 e. The number of rotatable bonds is 8. The minimum Gasteiger partial charge on any atom is -0.356 e. The van der Waals surface area contributed by atoms with E-state index in [0.717, 1.165) is 48.1 Å². The van der Waals surface area contributed by atoms with Crippen molar-refractivity contribution >= 4 is 29.2 Å². The van der Waals surface area contributed by atoms with Crippen LogP contribution in [-0.4, -0.2) is 27.3 Å². The van der Waals surface area contributed by atoms with E-state index in [-0.39, 0.29) is 0 Å². The van der Waals surface area contributed by atoms with Gasteiger partial charge in [0.15, 0.2) is 11.8 Å². The average Bonchev–Trinajstić information content (AvgIpc) is 3.06. The van der Waals surface area contributed by atoms with Crippen LogP contribution in [0.4, 0.5) is 0 Å². The van der Waals surface area contributed by atoms with Crippen LogP contribution in [0.2, 0.25) is 10.0 Å². The summed E-state index contributed by atoms with van der Waals surface area (Å²) in [5.74, 6) is 2.47. The molecule has 0 spiro atoms. The lowest BCUT2D eigenvalue weighted by Gasteiger charge is -2.13. The van der Waals surface area contributed by atoms with Gasteiger partial charge in [-0.05, 0) is 43.0 Å². The Bertz CT molecular complexity index is 985. The second-order valence-electron chi connectivity index (χ2n) is 6.99. The number of hydrogen-bond acceptors (Lipinski definition) is 3. The predicted octanol–water partition coefficient (Wildman–Crippen LogP) is 4.30. The number of guanidine groups is 1. The zero-order chi connectivity index (χ0) is 21.3. The van der Waals surface area contributed by atoms with E-state index in [9.17, 15) is 0 Å². The van der Waals surface area contributed by atoms with E-state index in [2.05, 4.69) is 33.0 Å². The Morgan fingerprint density at radius 2 is 1.87 bits per heavy atom. The third-order valence-electron chi connectivity index (χ3n) is 4.79. The highest BCUT2D eigenvalue weighted by Crippen LogP contribution is 2.21. The highest BCUT2D eigenvalue weighted by molar-refractivity contribution is 6.35. The molecule has 1 aromatic heterocycles. The summed E-state index contributed by atoms with van der Waals surface area (Å²) in [6.45, 7) is 3.83. The summed E-state index contributed by atoms with van der Waals surface area (Å²) in [4.78, 5) is 4.71. The lowest BCUT2D eigenvalue weighted by Crippen LogP contribution is -2.38. The first-order valence-electron chi connectivity index (χ1n) is 9.88. The lowest BCUT2D eigenvalue weighted by atomic mass is 10.1. The molecule has 0 saturated heterocycles. The van der Waals surface area contributed by atoms with Crippen LogP contribution in [0, 0.1) is 6.92 Å². The second-order valence-corrected chi connectivity index (χ2v) is 7.84. The minimum atomic E-state index is 0.543. The molecule has 158 valence electrons. The van der Waals surface area contributed by atoms with Crippen LogP contribution in [-0.2, 0) is 26.6 Å². The largest absolute Gasteiger partial charge is 0.356 e. The van der Waals surface area contributed by atoms with Gasteiger partial charge in [0.05, 0.1) is 13.1 Å². The van der Waals surface area contributed by atoms with Crippen molar-refractivity contribution < 1.29 is 0 Å². The third kappa shape index (κ3) is 6.47. The van der Waals surface area contributed by atoms with Crippen molar-refractivity contribution in [1.82, 2.24) is 25.4 Å². The molecule has 0 aliphatic heterocycles.